The molecule has 2 N–H and O–H groups in total. The standard InChI is InChI=1S/C14H17F4NO2/c1-3-9(13(19)8-6-5-7-11(13)20)12(15)10(4-2)21-14(16,17)18/h3-4H,1,5-8,19H2,2H3/b10-4+,12-9-. The maximum absolute atomic E-state index is 14.3. The van der Waals surface area contributed by atoms with E-state index in [1.54, 1.807) is 0 Å². The maximum Gasteiger partial charge on any atom is 0.573 e. The number of hydrogen-bond donors (Lipinski definition) is 1. The molecule has 0 saturated heterocycles. The SMILES string of the molecule is C=C/C(=C(F)\C(=C/C)OC(F)(F)F)C1(N)CCCCC1=O. The number of ether oxygens (including phenoxy) is 1. The molecule has 1 fully saturated rings. The molecule has 0 amide bonds. The van der Waals surface area contributed by atoms with Gasteiger partial charge in [0.1, 0.15) is 5.54 Å². The van der Waals surface area contributed by atoms with Gasteiger partial charge in [-0.05, 0) is 25.8 Å². The Kier molecular flexibility index (Phi) is 5.33. The van der Waals surface area contributed by atoms with Crippen LogP contribution in [0.3, 0.4) is 0 Å². The van der Waals surface area contributed by atoms with Crippen molar-refractivity contribution in [1.82, 2.24) is 0 Å². The van der Waals surface area contributed by atoms with Gasteiger partial charge in [0.15, 0.2) is 17.4 Å². The van der Waals surface area contributed by atoms with Crippen LogP contribution in [0, 0.1) is 0 Å². The molecule has 1 atom stereocenters. The lowest BCUT2D eigenvalue weighted by Crippen LogP contribution is -2.51. The predicted molar refractivity (Wildman–Crippen MR) is 69.6 cm³/mol. The van der Waals surface area contributed by atoms with E-state index in [0.29, 0.717) is 12.8 Å². The fourth-order valence-corrected chi connectivity index (χ4v) is 2.29. The van der Waals surface area contributed by atoms with Gasteiger partial charge in [-0.1, -0.05) is 19.1 Å². The highest BCUT2D eigenvalue weighted by molar-refractivity contribution is 5.93. The number of Topliss-reactive ketones (excluding diaryl/α,β-unsaturated/α-hetero) is 1. The molecule has 0 aliphatic heterocycles. The highest BCUT2D eigenvalue weighted by atomic mass is 19.4. The number of rotatable bonds is 4. The van der Waals surface area contributed by atoms with Crippen LogP contribution in [-0.2, 0) is 9.53 Å². The summed E-state index contributed by atoms with van der Waals surface area (Å²) in [5.74, 6) is -2.76. The number of alkyl halides is 3. The second kappa shape index (κ2) is 6.43. The first-order valence-electron chi connectivity index (χ1n) is 6.43. The Morgan fingerprint density at radius 2 is 2.05 bits per heavy atom. The molecule has 1 aliphatic carbocycles. The topological polar surface area (TPSA) is 52.3 Å². The van der Waals surface area contributed by atoms with Crippen LogP contribution in [0.5, 0.6) is 0 Å². The molecule has 0 aromatic heterocycles. The van der Waals surface area contributed by atoms with Crippen molar-refractivity contribution in [3.63, 3.8) is 0 Å². The van der Waals surface area contributed by atoms with Gasteiger partial charge in [0.05, 0.1) is 0 Å². The summed E-state index contributed by atoms with van der Waals surface area (Å²) in [6.45, 7) is 4.54. The third-order valence-electron chi connectivity index (χ3n) is 3.35. The average Bonchev–Trinajstić information content (AvgIpc) is 2.39. The first-order chi connectivity index (χ1) is 9.65. The van der Waals surface area contributed by atoms with Crippen LogP contribution in [0.4, 0.5) is 17.6 Å². The largest absolute Gasteiger partial charge is 0.573 e. The molecule has 118 valence electrons. The van der Waals surface area contributed by atoms with Gasteiger partial charge in [-0.3, -0.25) is 4.79 Å². The van der Waals surface area contributed by atoms with Crippen LogP contribution in [0.1, 0.15) is 32.6 Å². The molecule has 7 heteroatoms. The van der Waals surface area contributed by atoms with Crippen molar-refractivity contribution in [2.24, 2.45) is 5.73 Å². The van der Waals surface area contributed by atoms with Crippen molar-refractivity contribution in [2.75, 3.05) is 0 Å². The van der Waals surface area contributed by atoms with Crippen LogP contribution in [0.25, 0.3) is 0 Å². The lowest BCUT2D eigenvalue weighted by molar-refractivity contribution is -0.304. The minimum atomic E-state index is -5.04. The van der Waals surface area contributed by atoms with Crippen LogP contribution in [0.15, 0.2) is 35.9 Å². The fraction of sp³-hybridized carbons (Fsp3) is 0.500. The van der Waals surface area contributed by atoms with Crippen molar-refractivity contribution >= 4 is 5.78 Å². The third kappa shape index (κ3) is 3.93. The van der Waals surface area contributed by atoms with Gasteiger partial charge < -0.3 is 10.5 Å². The second-order valence-electron chi connectivity index (χ2n) is 4.73. The molecule has 21 heavy (non-hydrogen) atoms. The molecule has 1 rings (SSSR count). The molecule has 0 aromatic carbocycles. The molecule has 1 aliphatic rings. The monoisotopic (exact) mass is 307 g/mol. The Morgan fingerprint density at radius 1 is 1.43 bits per heavy atom. The van der Waals surface area contributed by atoms with Gasteiger partial charge in [0.25, 0.3) is 0 Å². The summed E-state index contributed by atoms with van der Waals surface area (Å²) in [7, 11) is 0. The minimum absolute atomic E-state index is 0.156. The van der Waals surface area contributed by atoms with E-state index < -0.39 is 29.3 Å². The molecular formula is C14H17F4NO2. The van der Waals surface area contributed by atoms with Gasteiger partial charge in [-0.2, -0.15) is 0 Å². The molecule has 0 bridgehead atoms. The summed E-state index contributed by atoms with van der Waals surface area (Å²) in [6, 6.07) is 0. The number of hydrogen-bond acceptors (Lipinski definition) is 3. The van der Waals surface area contributed by atoms with Gasteiger partial charge >= 0.3 is 6.36 Å². The van der Waals surface area contributed by atoms with Gasteiger partial charge in [0.2, 0.25) is 0 Å². The van der Waals surface area contributed by atoms with Crippen LogP contribution in [-0.4, -0.2) is 17.7 Å². The number of carbonyl (C=O) groups is 1. The Balaban J connectivity index is 3.26. The highest BCUT2D eigenvalue weighted by Crippen LogP contribution is 2.36. The van der Waals surface area contributed by atoms with E-state index in [0.717, 1.165) is 12.2 Å². The number of allylic oxidation sites excluding steroid dienone is 2. The average molecular weight is 307 g/mol. The highest BCUT2D eigenvalue weighted by Gasteiger charge is 2.42. The maximum atomic E-state index is 14.3. The van der Waals surface area contributed by atoms with E-state index in [4.69, 9.17) is 5.73 Å². The summed E-state index contributed by atoms with van der Waals surface area (Å²) in [4.78, 5) is 12.0. The van der Waals surface area contributed by atoms with Crippen molar-refractivity contribution in [3.8, 4) is 0 Å². The lowest BCUT2D eigenvalue weighted by atomic mass is 9.75. The quantitative estimate of drug-likeness (QED) is 0.490. The van der Waals surface area contributed by atoms with Gasteiger partial charge in [-0.15, -0.1) is 13.2 Å². The molecule has 0 heterocycles. The Hall–Kier alpha value is -1.63. The summed E-state index contributed by atoms with van der Waals surface area (Å²) >= 11 is 0. The minimum Gasteiger partial charge on any atom is -0.403 e. The van der Waals surface area contributed by atoms with Crippen molar-refractivity contribution in [2.45, 2.75) is 44.5 Å². The summed E-state index contributed by atoms with van der Waals surface area (Å²) in [6.07, 6.45) is -1.72. The van der Waals surface area contributed by atoms with E-state index in [9.17, 15) is 22.4 Å². The van der Waals surface area contributed by atoms with Crippen molar-refractivity contribution in [3.05, 3.63) is 35.9 Å². The predicted octanol–water partition coefficient (Wildman–Crippen LogP) is 3.68. The molecular weight excluding hydrogens is 290 g/mol. The smallest absolute Gasteiger partial charge is 0.403 e. The first kappa shape index (κ1) is 17.4. The summed E-state index contributed by atoms with van der Waals surface area (Å²) < 4.78 is 54.7. The van der Waals surface area contributed by atoms with Crippen LogP contribution in [0.2, 0.25) is 0 Å². The van der Waals surface area contributed by atoms with Crippen LogP contribution < -0.4 is 5.73 Å². The summed E-state index contributed by atoms with van der Waals surface area (Å²) in [5, 5.41) is 0. The lowest BCUT2D eigenvalue weighted by Gasteiger charge is -2.33. The van der Waals surface area contributed by atoms with E-state index in [1.165, 1.54) is 6.92 Å². The van der Waals surface area contributed by atoms with Gasteiger partial charge in [-0.25, -0.2) is 4.39 Å². The molecule has 1 saturated carbocycles. The Bertz CT molecular complexity index is 494. The van der Waals surface area contributed by atoms with E-state index in [2.05, 4.69) is 11.3 Å². The molecule has 0 spiro atoms. The fourth-order valence-electron chi connectivity index (χ4n) is 2.29. The number of ketones is 1. The van der Waals surface area contributed by atoms with Crippen LogP contribution >= 0.6 is 0 Å². The van der Waals surface area contributed by atoms with E-state index in [-0.39, 0.29) is 18.4 Å². The zero-order valence-electron chi connectivity index (χ0n) is 11.6. The Labute approximate surface area is 120 Å². The first-order valence-corrected chi connectivity index (χ1v) is 6.43. The Morgan fingerprint density at radius 3 is 2.48 bits per heavy atom. The second-order valence-corrected chi connectivity index (χ2v) is 4.73. The zero-order valence-corrected chi connectivity index (χ0v) is 11.6. The third-order valence-corrected chi connectivity index (χ3v) is 3.35. The normalized spacial score (nSPS) is 25.4. The number of carbonyl (C=O) groups excluding carboxylic acids is 1. The van der Waals surface area contributed by atoms with E-state index >= 15 is 0 Å². The zero-order chi connectivity index (χ0) is 16.3. The number of halogens is 4. The van der Waals surface area contributed by atoms with Gasteiger partial charge in [0, 0.05) is 12.0 Å². The number of nitrogens with two attached hydrogens (primary N) is 1. The molecule has 3 nitrogen and oxygen atoms in total. The molecule has 0 aromatic rings. The van der Waals surface area contributed by atoms with Crippen molar-refractivity contribution in [1.29, 1.82) is 0 Å². The summed E-state index contributed by atoms with van der Waals surface area (Å²) in [5.41, 5.74) is 3.90. The van der Waals surface area contributed by atoms with Crippen molar-refractivity contribution < 1.29 is 27.1 Å². The molecule has 1 unspecified atom stereocenters. The molecule has 0 radical (unpaired) electrons. The van der Waals surface area contributed by atoms with E-state index in [1.807, 2.05) is 0 Å².